The van der Waals surface area contributed by atoms with Crippen LogP contribution < -0.4 is 10.2 Å². The molecule has 2 heterocycles. The standard InChI is InChI=1S/C17H24ClFN2/c1-2-8-20-12-9-13-4-3-5-14(10-12)21(13)15-6-7-16(18)17(19)11-15/h6-7,11-14,20H,2-5,8-10H2,1H3. The van der Waals surface area contributed by atoms with Crippen LogP contribution in [0, 0.1) is 5.82 Å². The normalized spacial score (nSPS) is 28.7. The molecule has 3 rings (SSSR count). The van der Waals surface area contributed by atoms with Gasteiger partial charge in [0.2, 0.25) is 0 Å². The van der Waals surface area contributed by atoms with Gasteiger partial charge in [-0.25, -0.2) is 4.39 Å². The van der Waals surface area contributed by atoms with E-state index in [9.17, 15) is 4.39 Å². The fraction of sp³-hybridized carbons (Fsp3) is 0.647. The predicted octanol–water partition coefficient (Wildman–Crippen LogP) is 4.37. The first kappa shape index (κ1) is 15.1. The topological polar surface area (TPSA) is 15.3 Å². The number of benzene rings is 1. The van der Waals surface area contributed by atoms with Gasteiger partial charge in [0, 0.05) is 23.8 Å². The number of hydrogen-bond donors (Lipinski definition) is 1. The molecule has 0 radical (unpaired) electrons. The molecule has 4 heteroatoms. The maximum atomic E-state index is 13.8. The van der Waals surface area contributed by atoms with Crippen LogP contribution >= 0.6 is 11.6 Å². The molecule has 2 fully saturated rings. The van der Waals surface area contributed by atoms with E-state index >= 15 is 0 Å². The molecule has 1 aromatic carbocycles. The highest BCUT2D eigenvalue weighted by molar-refractivity contribution is 6.30. The summed E-state index contributed by atoms with van der Waals surface area (Å²) >= 11 is 5.82. The largest absolute Gasteiger partial charge is 0.365 e. The zero-order chi connectivity index (χ0) is 14.8. The van der Waals surface area contributed by atoms with Crippen LogP contribution in [0.1, 0.15) is 45.4 Å². The van der Waals surface area contributed by atoms with E-state index in [2.05, 4.69) is 17.1 Å². The van der Waals surface area contributed by atoms with E-state index in [1.165, 1.54) is 38.5 Å². The van der Waals surface area contributed by atoms with Gasteiger partial charge in [0.05, 0.1) is 5.02 Å². The average Bonchev–Trinajstić information content (AvgIpc) is 2.47. The molecule has 0 saturated carbocycles. The molecule has 116 valence electrons. The maximum absolute atomic E-state index is 13.8. The van der Waals surface area contributed by atoms with Gasteiger partial charge in [-0.05, 0) is 63.3 Å². The summed E-state index contributed by atoms with van der Waals surface area (Å²) in [5, 5.41) is 3.88. The first-order valence-corrected chi connectivity index (χ1v) is 8.53. The van der Waals surface area contributed by atoms with E-state index in [4.69, 9.17) is 11.6 Å². The van der Waals surface area contributed by atoms with Gasteiger partial charge < -0.3 is 10.2 Å². The van der Waals surface area contributed by atoms with Crippen LogP contribution in [0.4, 0.5) is 10.1 Å². The van der Waals surface area contributed by atoms with E-state index in [0.29, 0.717) is 18.1 Å². The van der Waals surface area contributed by atoms with Crippen molar-refractivity contribution in [1.29, 1.82) is 0 Å². The number of nitrogens with one attached hydrogen (secondary N) is 1. The second kappa shape index (κ2) is 6.53. The number of piperidine rings is 2. The van der Waals surface area contributed by atoms with Gasteiger partial charge in [-0.15, -0.1) is 0 Å². The zero-order valence-electron chi connectivity index (χ0n) is 12.6. The van der Waals surface area contributed by atoms with Crippen molar-refractivity contribution < 1.29 is 4.39 Å². The summed E-state index contributed by atoms with van der Waals surface area (Å²) in [6, 6.07) is 6.95. The van der Waals surface area contributed by atoms with E-state index in [-0.39, 0.29) is 10.8 Å². The van der Waals surface area contributed by atoms with Crippen molar-refractivity contribution in [3.8, 4) is 0 Å². The lowest BCUT2D eigenvalue weighted by Crippen LogP contribution is -2.56. The third-order valence-corrected chi connectivity index (χ3v) is 5.17. The highest BCUT2D eigenvalue weighted by Gasteiger charge is 2.38. The fourth-order valence-electron chi connectivity index (χ4n) is 3.96. The Morgan fingerprint density at radius 3 is 2.62 bits per heavy atom. The number of anilines is 1. The number of hydrogen-bond acceptors (Lipinski definition) is 2. The third kappa shape index (κ3) is 3.19. The average molecular weight is 311 g/mol. The zero-order valence-corrected chi connectivity index (χ0v) is 13.4. The van der Waals surface area contributed by atoms with Crippen LogP contribution in [0.2, 0.25) is 5.02 Å². The quantitative estimate of drug-likeness (QED) is 0.888. The molecular weight excluding hydrogens is 287 g/mol. The molecule has 0 amide bonds. The molecule has 0 spiro atoms. The molecular formula is C17H24ClFN2. The SMILES string of the molecule is CCCNC1CC2CCCC(C1)N2c1ccc(Cl)c(F)c1. The minimum atomic E-state index is -0.307. The highest BCUT2D eigenvalue weighted by Crippen LogP contribution is 2.38. The lowest BCUT2D eigenvalue weighted by Gasteiger charge is -2.50. The number of rotatable bonds is 4. The van der Waals surface area contributed by atoms with E-state index in [1.807, 2.05) is 6.07 Å². The van der Waals surface area contributed by atoms with E-state index in [1.54, 1.807) is 12.1 Å². The van der Waals surface area contributed by atoms with E-state index in [0.717, 1.165) is 12.2 Å². The van der Waals surface area contributed by atoms with Crippen LogP contribution in [-0.4, -0.2) is 24.7 Å². The lowest BCUT2D eigenvalue weighted by atomic mass is 9.81. The minimum Gasteiger partial charge on any atom is -0.365 e. The van der Waals surface area contributed by atoms with Gasteiger partial charge in [0.25, 0.3) is 0 Å². The molecule has 1 aromatic rings. The molecule has 0 aromatic heterocycles. The maximum Gasteiger partial charge on any atom is 0.143 e. The van der Waals surface area contributed by atoms with Crippen molar-refractivity contribution in [2.24, 2.45) is 0 Å². The molecule has 2 aliphatic rings. The number of nitrogens with zero attached hydrogens (tertiary/aromatic N) is 1. The summed E-state index contributed by atoms with van der Waals surface area (Å²) < 4.78 is 13.8. The van der Waals surface area contributed by atoms with Gasteiger partial charge in [-0.3, -0.25) is 0 Å². The summed E-state index contributed by atoms with van der Waals surface area (Å²) in [7, 11) is 0. The smallest absolute Gasteiger partial charge is 0.143 e. The molecule has 2 unspecified atom stereocenters. The van der Waals surface area contributed by atoms with Crippen LogP contribution in [0.25, 0.3) is 0 Å². The second-order valence-electron chi connectivity index (χ2n) is 6.37. The third-order valence-electron chi connectivity index (χ3n) is 4.86. The summed E-state index contributed by atoms with van der Waals surface area (Å²) in [5.41, 5.74) is 1.00. The van der Waals surface area contributed by atoms with Crippen LogP contribution in [-0.2, 0) is 0 Å². The summed E-state index contributed by atoms with van der Waals surface area (Å²) in [5.74, 6) is -0.307. The first-order valence-electron chi connectivity index (χ1n) is 8.15. The van der Waals surface area contributed by atoms with Crippen molar-refractivity contribution in [3.05, 3.63) is 29.0 Å². The van der Waals surface area contributed by atoms with Crippen molar-refractivity contribution in [1.82, 2.24) is 5.32 Å². The van der Waals surface area contributed by atoms with Crippen molar-refractivity contribution in [2.45, 2.75) is 63.6 Å². The Labute approximate surface area is 131 Å². The Hall–Kier alpha value is -0.800. The Kier molecular flexibility index (Phi) is 4.70. The monoisotopic (exact) mass is 310 g/mol. The molecule has 2 aliphatic heterocycles. The molecule has 0 aliphatic carbocycles. The first-order chi connectivity index (χ1) is 10.2. The van der Waals surface area contributed by atoms with E-state index < -0.39 is 0 Å². The summed E-state index contributed by atoms with van der Waals surface area (Å²) in [6.45, 7) is 3.30. The minimum absolute atomic E-state index is 0.211. The van der Waals surface area contributed by atoms with Gasteiger partial charge in [-0.2, -0.15) is 0 Å². The second-order valence-corrected chi connectivity index (χ2v) is 6.77. The molecule has 1 N–H and O–H groups in total. The van der Waals surface area contributed by atoms with Gasteiger partial charge >= 0.3 is 0 Å². The van der Waals surface area contributed by atoms with Gasteiger partial charge in [0.1, 0.15) is 5.82 Å². The molecule has 2 atom stereocenters. The Morgan fingerprint density at radius 2 is 2.00 bits per heavy atom. The van der Waals surface area contributed by atoms with Gasteiger partial charge in [-0.1, -0.05) is 18.5 Å². The highest BCUT2D eigenvalue weighted by atomic mass is 35.5. The summed E-state index contributed by atoms with van der Waals surface area (Å²) in [4.78, 5) is 2.45. The van der Waals surface area contributed by atoms with Crippen LogP contribution in [0.3, 0.4) is 0 Å². The molecule has 2 saturated heterocycles. The Morgan fingerprint density at radius 1 is 1.29 bits per heavy atom. The number of fused-ring (bicyclic) bond motifs is 2. The van der Waals surface area contributed by atoms with Crippen LogP contribution in [0.15, 0.2) is 18.2 Å². The van der Waals surface area contributed by atoms with Crippen molar-refractivity contribution in [2.75, 3.05) is 11.4 Å². The van der Waals surface area contributed by atoms with Gasteiger partial charge in [0.15, 0.2) is 0 Å². The Balaban J connectivity index is 1.78. The molecule has 2 bridgehead atoms. The summed E-state index contributed by atoms with van der Waals surface area (Å²) in [6.07, 6.45) is 7.23. The van der Waals surface area contributed by atoms with Crippen molar-refractivity contribution in [3.63, 3.8) is 0 Å². The lowest BCUT2D eigenvalue weighted by molar-refractivity contribution is 0.246. The molecule has 21 heavy (non-hydrogen) atoms. The Bertz CT molecular complexity index is 480. The molecule has 2 nitrogen and oxygen atoms in total. The number of halogens is 2. The predicted molar refractivity (Wildman–Crippen MR) is 86.6 cm³/mol. The fourth-order valence-corrected chi connectivity index (χ4v) is 4.08. The van der Waals surface area contributed by atoms with Crippen LogP contribution in [0.5, 0.6) is 0 Å². The van der Waals surface area contributed by atoms with Crippen molar-refractivity contribution >= 4 is 17.3 Å².